The van der Waals surface area contributed by atoms with E-state index in [2.05, 4.69) is 68.0 Å². The minimum atomic E-state index is -0.255. The highest BCUT2D eigenvalue weighted by molar-refractivity contribution is 5.93. The van der Waals surface area contributed by atoms with Crippen LogP contribution in [0, 0.1) is 11.2 Å². The molecule has 1 aliphatic rings. The Balaban J connectivity index is 2.27. The van der Waals surface area contributed by atoms with Gasteiger partial charge in [-0.2, -0.15) is 0 Å². The normalized spacial score (nSPS) is 15.7. The Labute approximate surface area is 218 Å². The molecule has 2 aromatic rings. The van der Waals surface area contributed by atoms with Crippen molar-refractivity contribution in [3.05, 3.63) is 75.0 Å². The SMILES string of the molecule is C=C(/C(C(C)=C(C)C)=C(C)\C(C)=C/C)c1c(CC)c(CC)c2cnc(CCC3(CC)CC3)nc2c1F. The van der Waals surface area contributed by atoms with Crippen LogP contribution in [0.4, 0.5) is 4.39 Å². The molecule has 0 bridgehead atoms. The molecule has 0 unspecified atom stereocenters. The zero-order chi connectivity index (χ0) is 26.8. The van der Waals surface area contributed by atoms with Gasteiger partial charge in [0.05, 0.1) is 0 Å². The molecule has 0 N–H and O–H groups in total. The van der Waals surface area contributed by atoms with E-state index < -0.39 is 0 Å². The number of hydrogen-bond acceptors (Lipinski definition) is 2. The summed E-state index contributed by atoms with van der Waals surface area (Å²) < 4.78 is 16.6. The molecule has 1 fully saturated rings. The highest BCUT2D eigenvalue weighted by Gasteiger charge is 2.40. The molecule has 1 aromatic heterocycles. The number of rotatable bonds is 10. The zero-order valence-electron chi connectivity index (χ0n) is 24.1. The van der Waals surface area contributed by atoms with Crippen molar-refractivity contribution in [1.82, 2.24) is 9.97 Å². The third-order valence-corrected chi connectivity index (χ3v) is 8.68. The lowest BCUT2D eigenvalue weighted by Crippen LogP contribution is -2.10. The Morgan fingerprint density at radius 1 is 1.03 bits per heavy atom. The lowest BCUT2D eigenvalue weighted by molar-refractivity contribution is 0.445. The first-order valence-corrected chi connectivity index (χ1v) is 13.7. The maximum Gasteiger partial charge on any atom is 0.157 e. The van der Waals surface area contributed by atoms with Gasteiger partial charge in [-0.05, 0) is 112 Å². The van der Waals surface area contributed by atoms with Crippen molar-refractivity contribution in [1.29, 1.82) is 0 Å². The van der Waals surface area contributed by atoms with Gasteiger partial charge >= 0.3 is 0 Å². The maximum atomic E-state index is 16.6. The molecule has 194 valence electrons. The Morgan fingerprint density at radius 3 is 2.17 bits per heavy atom. The second kappa shape index (κ2) is 11.2. The monoisotopic (exact) mass is 488 g/mol. The summed E-state index contributed by atoms with van der Waals surface area (Å²) in [5.74, 6) is 0.496. The van der Waals surface area contributed by atoms with E-state index in [-0.39, 0.29) is 5.82 Å². The molecule has 1 aromatic carbocycles. The van der Waals surface area contributed by atoms with Crippen LogP contribution in [0.2, 0.25) is 0 Å². The molecule has 1 saturated carbocycles. The summed E-state index contributed by atoms with van der Waals surface area (Å²) >= 11 is 0. The van der Waals surface area contributed by atoms with Gasteiger partial charge in [0.25, 0.3) is 0 Å². The number of aromatic nitrogens is 2. The van der Waals surface area contributed by atoms with Crippen molar-refractivity contribution < 1.29 is 4.39 Å². The highest BCUT2D eigenvalue weighted by atomic mass is 19.1. The number of hydrogen-bond donors (Lipinski definition) is 0. The van der Waals surface area contributed by atoms with Gasteiger partial charge < -0.3 is 0 Å². The van der Waals surface area contributed by atoms with Crippen LogP contribution >= 0.6 is 0 Å². The van der Waals surface area contributed by atoms with Gasteiger partial charge in [-0.3, -0.25) is 0 Å². The molecular weight excluding hydrogens is 443 g/mol. The quantitative estimate of drug-likeness (QED) is 0.311. The van der Waals surface area contributed by atoms with Crippen molar-refractivity contribution in [2.45, 2.75) is 107 Å². The molecule has 1 aliphatic carbocycles. The Bertz CT molecular complexity index is 1260. The number of halogens is 1. The molecule has 0 saturated heterocycles. The van der Waals surface area contributed by atoms with Crippen molar-refractivity contribution >= 4 is 16.5 Å². The fourth-order valence-corrected chi connectivity index (χ4v) is 5.46. The molecule has 0 spiro atoms. The second-order valence-electron chi connectivity index (χ2n) is 10.8. The van der Waals surface area contributed by atoms with Gasteiger partial charge in [0.1, 0.15) is 11.3 Å². The van der Waals surface area contributed by atoms with E-state index in [1.165, 1.54) is 30.4 Å². The summed E-state index contributed by atoms with van der Waals surface area (Å²) in [6.07, 6.45) is 11.2. The topological polar surface area (TPSA) is 25.8 Å². The summed E-state index contributed by atoms with van der Waals surface area (Å²) in [7, 11) is 0. The van der Waals surface area contributed by atoms with E-state index in [1.807, 2.05) is 13.1 Å². The summed E-state index contributed by atoms with van der Waals surface area (Å²) in [4.78, 5) is 9.53. The van der Waals surface area contributed by atoms with Crippen LogP contribution in [0.5, 0.6) is 0 Å². The van der Waals surface area contributed by atoms with Crippen LogP contribution < -0.4 is 0 Å². The van der Waals surface area contributed by atoms with E-state index in [4.69, 9.17) is 9.97 Å². The number of benzene rings is 1. The van der Waals surface area contributed by atoms with E-state index in [1.54, 1.807) is 0 Å². The summed E-state index contributed by atoms with van der Waals surface area (Å²) in [6, 6.07) is 0. The first-order chi connectivity index (χ1) is 17.1. The van der Waals surface area contributed by atoms with Crippen LogP contribution in [-0.2, 0) is 19.3 Å². The predicted octanol–water partition coefficient (Wildman–Crippen LogP) is 9.67. The lowest BCUT2D eigenvalue weighted by Gasteiger charge is -2.23. The molecule has 0 radical (unpaired) electrons. The minimum absolute atomic E-state index is 0.255. The van der Waals surface area contributed by atoms with Gasteiger partial charge in [0.15, 0.2) is 5.82 Å². The zero-order valence-corrected chi connectivity index (χ0v) is 24.1. The number of allylic oxidation sites excluding steroid dienone is 7. The van der Waals surface area contributed by atoms with Crippen LogP contribution in [0.3, 0.4) is 0 Å². The molecule has 36 heavy (non-hydrogen) atoms. The van der Waals surface area contributed by atoms with E-state index in [0.717, 1.165) is 70.3 Å². The second-order valence-corrected chi connectivity index (χ2v) is 10.8. The first-order valence-electron chi connectivity index (χ1n) is 13.7. The van der Waals surface area contributed by atoms with E-state index in [0.29, 0.717) is 16.5 Å². The fourth-order valence-electron chi connectivity index (χ4n) is 5.46. The van der Waals surface area contributed by atoms with Gasteiger partial charge in [0, 0.05) is 23.6 Å². The molecule has 0 aliphatic heterocycles. The van der Waals surface area contributed by atoms with Crippen molar-refractivity contribution in [2.75, 3.05) is 0 Å². The summed E-state index contributed by atoms with van der Waals surface area (Å²) in [6.45, 7) is 23.6. The Hall–Kier alpha value is -2.55. The molecule has 2 nitrogen and oxygen atoms in total. The van der Waals surface area contributed by atoms with Gasteiger partial charge in [-0.15, -0.1) is 0 Å². The number of fused-ring (bicyclic) bond motifs is 1. The smallest absolute Gasteiger partial charge is 0.157 e. The Morgan fingerprint density at radius 2 is 1.67 bits per heavy atom. The minimum Gasteiger partial charge on any atom is -0.241 e. The van der Waals surface area contributed by atoms with Crippen LogP contribution in [0.1, 0.15) is 111 Å². The largest absolute Gasteiger partial charge is 0.241 e. The summed E-state index contributed by atoms with van der Waals surface area (Å²) in [5.41, 5.74) is 10.1. The van der Waals surface area contributed by atoms with E-state index in [9.17, 15) is 0 Å². The third-order valence-electron chi connectivity index (χ3n) is 8.68. The molecular formula is C33H45FN2. The summed E-state index contributed by atoms with van der Waals surface area (Å²) in [5, 5.41) is 0.842. The van der Waals surface area contributed by atoms with Crippen LogP contribution in [-0.4, -0.2) is 9.97 Å². The molecule has 3 heteroatoms. The van der Waals surface area contributed by atoms with Crippen molar-refractivity contribution in [2.24, 2.45) is 5.41 Å². The van der Waals surface area contributed by atoms with Gasteiger partial charge in [0.2, 0.25) is 0 Å². The van der Waals surface area contributed by atoms with E-state index >= 15 is 4.39 Å². The maximum absolute atomic E-state index is 16.6. The lowest BCUT2D eigenvalue weighted by atomic mass is 9.82. The van der Waals surface area contributed by atoms with Crippen LogP contribution in [0.15, 0.2) is 46.7 Å². The fraction of sp³-hybridized carbons (Fsp3) is 0.515. The molecule has 3 rings (SSSR count). The van der Waals surface area contributed by atoms with Crippen molar-refractivity contribution in [3.8, 4) is 0 Å². The average Bonchev–Trinajstić information content (AvgIpc) is 3.66. The average molecular weight is 489 g/mol. The predicted molar refractivity (Wildman–Crippen MR) is 154 cm³/mol. The highest BCUT2D eigenvalue weighted by Crippen LogP contribution is 2.52. The molecule has 0 atom stereocenters. The van der Waals surface area contributed by atoms with Gasteiger partial charge in [-0.25, -0.2) is 14.4 Å². The number of nitrogens with zero attached hydrogens (tertiary/aromatic N) is 2. The third kappa shape index (κ3) is 5.26. The van der Waals surface area contributed by atoms with Crippen LogP contribution in [0.25, 0.3) is 16.5 Å². The van der Waals surface area contributed by atoms with Gasteiger partial charge in [-0.1, -0.05) is 51.0 Å². The number of aryl methyl sites for hydroxylation is 2. The Kier molecular flexibility index (Phi) is 8.75. The van der Waals surface area contributed by atoms with Crippen molar-refractivity contribution in [3.63, 3.8) is 0 Å². The molecule has 0 amide bonds. The first kappa shape index (κ1) is 28.0. The molecule has 1 heterocycles. The standard InChI is InChI=1S/C33H45FN2/c1-11-21(7)23(9)29(22(8)20(5)6)24(10)30-26(13-3)25(12-2)27-19-35-28(36-32(27)31(30)34)15-16-33(14-4)17-18-33/h11,19H,10,12-18H2,1-9H3/b21-11-,29-23-.